The summed E-state index contributed by atoms with van der Waals surface area (Å²) >= 11 is 0. The first-order valence-corrected chi connectivity index (χ1v) is 6.68. The van der Waals surface area contributed by atoms with Crippen molar-refractivity contribution in [2.75, 3.05) is 6.26 Å². The molecular formula is C12H10FNO3S. The van der Waals surface area contributed by atoms with Gasteiger partial charge in [0.2, 0.25) is 0 Å². The molecule has 94 valence electrons. The summed E-state index contributed by atoms with van der Waals surface area (Å²) in [5.74, 6) is -1.57. The van der Waals surface area contributed by atoms with E-state index in [1.807, 2.05) is 0 Å². The molecule has 6 heteroatoms. The SMILES string of the molecule is CS(=O)C1=NC(C(=O)O)=C(c2ccc(F)cc2)C1. The van der Waals surface area contributed by atoms with Crippen molar-refractivity contribution < 1.29 is 18.5 Å². The highest BCUT2D eigenvalue weighted by Crippen LogP contribution is 2.30. The summed E-state index contributed by atoms with van der Waals surface area (Å²) in [4.78, 5) is 15.0. The van der Waals surface area contributed by atoms with Crippen molar-refractivity contribution in [2.24, 2.45) is 4.99 Å². The van der Waals surface area contributed by atoms with Gasteiger partial charge in [0.25, 0.3) is 0 Å². The van der Waals surface area contributed by atoms with E-state index in [0.29, 0.717) is 16.2 Å². The van der Waals surface area contributed by atoms with E-state index in [-0.39, 0.29) is 12.1 Å². The fourth-order valence-electron chi connectivity index (χ4n) is 1.70. The second-order valence-electron chi connectivity index (χ2n) is 3.78. The van der Waals surface area contributed by atoms with E-state index >= 15 is 0 Å². The molecule has 18 heavy (non-hydrogen) atoms. The molecule has 4 nitrogen and oxygen atoms in total. The topological polar surface area (TPSA) is 66.7 Å². The number of carbonyl (C=O) groups is 1. The van der Waals surface area contributed by atoms with Crippen LogP contribution in [-0.4, -0.2) is 26.6 Å². The van der Waals surface area contributed by atoms with E-state index in [1.54, 1.807) is 0 Å². The van der Waals surface area contributed by atoms with E-state index in [2.05, 4.69) is 4.99 Å². The minimum absolute atomic E-state index is 0.119. The Balaban J connectivity index is 2.44. The van der Waals surface area contributed by atoms with Crippen LogP contribution in [0.2, 0.25) is 0 Å². The van der Waals surface area contributed by atoms with Gasteiger partial charge in [-0.25, -0.2) is 14.2 Å². The molecule has 1 atom stereocenters. The average Bonchev–Trinajstić information content (AvgIpc) is 2.75. The van der Waals surface area contributed by atoms with E-state index in [1.165, 1.54) is 30.5 Å². The molecule has 0 aromatic heterocycles. The van der Waals surface area contributed by atoms with Crippen molar-refractivity contribution in [1.82, 2.24) is 0 Å². The minimum Gasteiger partial charge on any atom is -0.477 e. The molecule has 1 aromatic rings. The Morgan fingerprint density at radius 1 is 1.39 bits per heavy atom. The van der Waals surface area contributed by atoms with E-state index in [4.69, 9.17) is 5.11 Å². The van der Waals surface area contributed by atoms with Gasteiger partial charge in [-0.15, -0.1) is 0 Å². The molecule has 1 aliphatic rings. The van der Waals surface area contributed by atoms with Gasteiger partial charge in [-0.2, -0.15) is 0 Å². The number of rotatable bonds is 2. The molecule has 1 unspecified atom stereocenters. The third-order valence-corrected chi connectivity index (χ3v) is 3.48. The van der Waals surface area contributed by atoms with E-state index in [0.717, 1.165) is 0 Å². The van der Waals surface area contributed by atoms with Crippen LogP contribution in [0.25, 0.3) is 5.57 Å². The lowest BCUT2D eigenvalue weighted by Crippen LogP contribution is -2.02. The zero-order valence-electron chi connectivity index (χ0n) is 9.51. The molecule has 0 aliphatic carbocycles. The summed E-state index contributed by atoms with van der Waals surface area (Å²) in [5.41, 5.74) is 0.928. The Bertz CT molecular complexity index is 590. The Morgan fingerprint density at radius 2 is 2.00 bits per heavy atom. The molecule has 1 N–H and O–H groups in total. The van der Waals surface area contributed by atoms with Crippen molar-refractivity contribution >= 4 is 27.4 Å². The van der Waals surface area contributed by atoms with Gasteiger partial charge in [-0.3, -0.25) is 4.21 Å². The van der Waals surface area contributed by atoms with Gasteiger partial charge >= 0.3 is 5.97 Å². The van der Waals surface area contributed by atoms with Crippen molar-refractivity contribution in [2.45, 2.75) is 6.42 Å². The molecule has 0 saturated heterocycles. The first kappa shape index (κ1) is 12.6. The summed E-state index contributed by atoms with van der Waals surface area (Å²) in [7, 11) is -1.31. The summed E-state index contributed by atoms with van der Waals surface area (Å²) in [6.07, 6.45) is 1.67. The summed E-state index contributed by atoms with van der Waals surface area (Å²) in [5, 5.41) is 9.39. The molecular weight excluding hydrogens is 257 g/mol. The highest BCUT2D eigenvalue weighted by Gasteiger charge is 2.25. The lowest BCUT2D eigenvalue weighted by Gasteiger charge is -2.03. The van der Waals surface area contributed by atoms with Crippen LogP contribution in [-0.2, 0) is 15.6 Å². The first-order valence-electron chi connectivity index (χ1n) is 5.12. The minimum atomic E-state index is -1.31. The van der Waals surface area contributed by atoms with Crippen LogP contribution in [0.1, 0.15) is 12.0 Å². The molecule has 0 fully saturated rings. The third-order valence-electron chi connectivity index (χ3n) is 2.58. The second kappa shape index (κ2) is 4.81. The third kappa shape index (κ3) is 2.38. The quantitative estimate of drug-likeness (QED) is 0.888. The van der Waals surface area contributed by atoms with Gasteiger partial charge in [-0.05, 0) is 23.3 Å². The zero-order valence-corrected chi connectivity index (χ0v) is 10.3. The van der Waals surface area contributed by atoms with Crippen molar-refractivity contribution in [1.29, 1.82) is 0 Å². The standard InChI is InChI=1S/C12H10FNO3S/c1-18(17)10-6-9(11(14-10)12(15)16)7-2-4-8(13)5-3-7/h2-5H,6H2,1H3,(H,15,16). The number of hydrogen-bond acceptors (Lipinski definition) is 3. The van der Waals surface area contributed by atoms with Crippen molar-refractivity contribution in [3.63, 3.8) is 0 Å². The second-order valence-corrected chi connectivity index (χ2v) is 5.16. The number of halogens is 1. The summed E-state index contributed by atoms with van der Waals surface area (Å²) < 4.78 is 24.2. The predicted octanol–water partition coefficient (Wildman–Crippen LogP) is 1.80. The lowest BCUT2D eigenvalue weighted by atomic mass is 10.0. The normalized spacial score (nSPS) is 16.7. The number of aliphatic imine (C=N–C) groups is 1. The monoisotopic (exact) mass is 267 g/mol. The molecule has 2 rings (SSSR count). The van der Waals surface area contributed by atoms with Gasteiger partial charge in [0.05, 0.1) is 10.8 Å². The van der Waals surface area contributed by atoms with Crippen LogP contribution < -0.4 is 0 Å². The van der Waals surface area contributed by atoms with Crippen LogP contribution in [0, 0.1) is 5.82 Å². The number of aliphatic carboxylic acids is 1. The number of carboxylic acids is 1. The van der Waals surface area contributed by atoms with Crippen LogP contribution in [0.5, 0.6) is 0 Å². The molecule has 1 aliphatic heterocycles. The first-order chi connectivity index (χ1) is 8.49. The molecule has 0 bridgehead atoms. The maximum Gasteiger partial charge on any atom is 0.354 e. The molecule has 1 aromatic carbocycles. The smallest absolute Gasteiger partial charge is 0.354 e. The van der Waals surface area contributed by atoms with Gasteiger partial charge < -0.3 is 5.11 Å². The molecule has 0 amide bonds. The number of hydrogen-bond donors (Lipinski definition) is 1. The Labute approximate surface area is 105 Å². The summed E-state index contributed by atoms with van der Waals surface area (Å²) in [6, 6.07) is 5.49. The molecule has 0 spiro atoms. The van der Waals surface area contributed by atoms with Gasteiger partial charge in [-0.1, -0.05) is 12.1 Å². The highest BCUT2D eigenvalue weighted by atomic mass is 32.2. The fraction of sp³-hybridized carbons (Fsp3) is 0.167. The van der Waals surface area contributed by atoms with E-state index < -0.39 is 22.6 Å². The number of nitrogens with zero attached hydrogens (tertiary/aromatic N) is 1. The van der Waals surface area contributed by atoms with Gasteiger partial charge in [0.1, 0.15) is 10.9 Å². The van der Waals surface area contributed by atoms with Crippen LogP contribution in [0.4, 0.5) is 4.39 Å². The van der Waals surface area contributed by atoms with Crippen LogP contribution >= 0.6 is 0 Å². The Kier molecular flexibility index (Phi) is 3.38. The van der Waals surface area contributed by atoms with Crippen molar-refractivity contribution in [3.8, 4) is 0 Å². The van der Waals surface area contributed by atoms with Gasteiger partial charge in [0, 0.05) is 12.7 Å². The predicted molar refractivity (Wildman–Crippen MR) is 67.1 cm³/mol. The average molecular weight is 267 g/mol. The largest absolute Gasteiger partial charge is 0.477 e. The maximum absolute atomic E-state index is 12.8. The molecule has 0 radical (unpaired) electrons. The summed E-state index contributed by atoms with van der Waals surface area (Å²) in [6.45, 7) is 0. The Morgan fingerprint density at radius 3 is 2.50 bits per heavy atom. The maximum atomic E-state index is 12.8. The number of carboxylic acid groups (broad SMARTS) is 1. The molecule has 1 heterocycles. The van der Waals surface area contributed by atoms with Crippen molar-refractivity contribution in [3.05, 3.63) is 41.3 Å². The zero-order chi connectivity index (χ0) is 13.3. The number of benzene rings is 1. The van der Waals surface area contributed by atoms with E-state index in [9.17, 15) is 13.4 Å². The van der Waals surface area contributed by atoms with Crippen LogP contribution in [0.3, 0.4) is 0 Å². The van der Waals surface area contributed by atoms with Gasteiger partial charge in [0.15, 0.2) is 5.70 Å². The Hall–Kier alpha value is -1.82. The lowest BCUT2D eigenvalue weighted by molar-refractivity contribution is -0.132. The fourth-order valence-corrected chi connectivity index (χ4v) is 2.27. The number of allylic oxidation sites excluding steroid dienone is 1. The molecule has 0 saturated carbocycles. The van der Waals surface area contributed by atoms with Crippen LogP contribution in [0.15, 0.2) is 35.0 Å². The highest BCUT2D eigenvalue weighted by molar-refractivity contribution is 8.00.